The van der Waals surface area contributed by atoms with E-state index in [1.165, 1.54) is 13.2 Å². The van der Waals surface area contributed by atoms with Gasteiger partial charge in [0.25, 0.3) is 0 Å². The van der Waals surface area contributed by atoms with Gasteiger partial charge in [-0.15, -0.1) is 0 Å². The molecule has 7 heteroatoms. The molecule has 0 aliphatic rings. The Balaban J connectivity index is 3.09. The van der Waals surface area contributed by atoms with E-state index in [0.717, 1.165) is 12.1 Å². The van der Waals surface area contributed by atoms with E-state index in [4.69, 9.17) is 10.5 Å². The van der Waals surface area contributed by atoms with Gasteiger partial charge in [0.05, 0.1) is 24.4 Å². The Labute approximate surface area is 115 Å². The lowest BCUT2D eigenvalue weighted by atomic mass is 10.0. The van der Waals surface area contributed by atoms with Crippen LogP contribution in [0.1, 0.15) is 19.4 Å². The van der Waals surface area contributed by atoms with Crippen molar-refractivity contribution in [1.82, 2.24) is 0 Å². The Bertz CT molecular complexity index is 487. The van der Waals surface area contributed by atoms with Crippen LogP contribution in [0, 0.1) is 5.92 Å². The quantitative estimate of drug-likeness (QED) is 0.896. The Morgan fingerprint density at radius 3 is 2.40 bits per heavy atom. The zero-order chi connectivity index (χ0) is 15.5. The van der Waals surface area contributed by atoms with Crippen LogP contribution in [0.5, 0.6) is 5.75 Å². The average molecular weight is 290 g/mol. The van der Waals surface area contributed by atoms with Crippen molar-refractivity contribution in [3.8, 4) is 5.75 Å². The first-order valence-corrected chi connectivity index (χ1v) is 5.98. The number of halogens is 3. The van der Waals surface area contributed by atoms with E-state index in [1.807, 2.05) is 0 Å². The van der Waals surface area contributed by atoms with Crippen molar-refractivity contribution in [3.05, 3.63) is 23.8 Å². The lowest BCUT2D eigenvalue weighted by Gasteiger charge is -2.18. The molecule has 4 nitrogen and oxygen atoms in total. The number of amides is 1. The number of anilines is 1. The first-order chi connectivity index (χ1) is 9.16. The van der Waals surface area contributed by atoms with Gasteiger partial charge < -0.3 is 15.8 Å². The Morgan fingerprint density at radius 1 is 1.35 bits per heavy atom. The largest absolute Gasteiger partial charge is 0.497 e. The molecule has 0 saturated heterocycles. The summed E-state index contributed by atoms with van der Waals surface area (Å²) in [5.41, 5.74) is 4.30. The van der Waals surface area contributed by atoms with Crippen LogP contribution in [-0.4, -0.2) is 19.1 Å². The van der Waals surface area contributed by atoms with Gasteiger partial charge in [0.1, 0.15) is 5.75 Å². The Morgan fingerprint density at radius 2 is 1.95 bits per heavy atom. The highest BCUT2D eigenvalue weighted by molar-refractivity contribution is 5.95. The van der Waals surface area contributed by atoms with Crippen molar-refractivity contribution in [2.75, 3.05) is 12.4 Å². The van der Waals surface area contributed by atoms with E-state index in [-0.39, 0.29) is 17.4 Å². The number of nitrogens with two attached hydrogens (primary N) is 1. The molecular formula is C13H17F3N2O2. The van der Waals surface area contributed by atoms with Crippen LogP contribution in [0.4, 0.5) is 18.9 Å². The molecule has 1 atom stereocenters. The van der Waals surface area contributed by atoms with Crippen LogP contribution >= 0.6 is 0 Å². The summed E-state index contributed by atoms with van der Waals surface area (Å²) in [6.45, 7) is 3.42. The summed E-state index contributed by atoms with van der Waals surface area (Å²) in [7, 11) is 1.27. The van der Waals surface area contributed by atoms with E-state index >= 15 is 0 Å². The fraction of sp³-hybridized carbons (Fsp3) is 0.462. The maximum Gasteiger partial charge on any atom is 0.418 e. The van der Waals surface area contributed by atoms with Gasteiger partial charge in [0.2, 0.25) is 5.91 Å². The van der Waals surface area contributed by atoms with Gasteiger partial charge in [0, 0.05) is 0 Å². The standard InChI is InChI=1S/C13H17F3N2O2/c1-7(2)11(17)12(19)18-10-5-4-8(20-3)6-9(10)13(14,15)16/h4-7,11H,17H2,1-3H3,(H,18,19)/t11-/m1/s1. The van der Waals surface area contributed by atoms with Crippen LogP contribution in [0.2, 0.25) is 0 Å². The van der Waals surface area contributed by atoms with Crippen LogP contribution in [0.25, 0.3) is 0 Å². The maximum absolute atomic E-state index is 12.9. The first-order valence-electron chi connectivity index (χ1n) is 5.98. The average Bonchev–Trinajstić information content (AvgIpc) is 2.36. The molecule has 112 valence electrons. The summed E-state index contributed by atoms with van der Waals surface area (Å²) in [6, 6.07) is 2.44. The minimum atomic E-state index is -4.60. The molecule has 0 spiro atoms. The fourth-order valence-corrected chi connectivity index (χ4v) is 1.51. The molecule has 0 bridgehead atoms. The van der Waals surface area contributed by atoms with E-state index in [2.05, 4.69) is 5.32 Å². The zero-order valence-electron chi connectivity index (χ0n) is 11.4. The van der Waals surface area contributed by atoms with Gasteiger partial charge in [-0.25, -0.2) is 0 Å². The minimum absolute atomic E-state index is 0.0588. The van der Waals surface area contributed by atoms with Gasteiger partial charge in [0.15, 0.2) is 0 Å². The van der Waals surface area contributed by atoms with Crippen molar-refractivity contribution in [3.63, 3.8) is 0 Å². The van der Waals surface area contributed by atoms with Gasteiger partial charge in [-0.3, -0.25) is 4.79 Å². The first kappa shape index (κ1) is 16.3. The van der Waals surface area contributed by atoms with Crippen LogP contribution in [0.3, 0.4) is 0 Å². The smallest absolute Gasteiger partial charge is 0.418 e. The number of rotatable bonds is 4. The summed E-state index contributed by atoms with van der Waals surface area (Å²) < 4.78 is 43.6. The molecule has 0 radical (unpaired) electrons. The highest BCUT2D eigenvalue weighted by atomic mass is 19.4. The molecule has 1 rings (SSSR count). The summed E-state index contributed by atoms with van der Waals surface area (Å²) in [6.07, 6.45) is -4.60. The normalized spacial score (nSPS) is 13.2. The summed E-state index contributed by atoms with van der Waals surface area (Å²) in [5, 5.41) is 2.21. The zero-order valence-corrected chi connectivity index (χ0v) is 11.4. The van der Waals surface area contributed by atoms with Crippen molar-refractivity contribution in [2.24, 2.45) is 11.7 Å². The highest BCUT2D eigenvalue weighted by Gasteiger charge is 2.35. The fourth-order valence-electron chi connectivity index (χ4n) is 1.51. The number of hydrogen-bond donors (Lipinski definition) is 2. The molecule has 3 N–H and O–H groups in total. The molecule has 0 aliphatic heterocycles. The summed E-state index contributed by atoms with van der Waals surface area (Å²) in [4.78, 5) is 11.8. The molecule has 0 aliphatic carbocycles. The van der Waals surface area contributed by atoms with Crippen LogP contribution in [-0.2, 0) is 11.0 Å². The SMILES string of the molecule is COc1ccc(NC(=O)[C@H](N)C(C)C)c(C(F)(F)F)c1. The third-order valence-corrected chi connectivity index (χ3v) is 2.81. The second-order valence-corrected chi connectivity index (χ2v) is 4.67. The number of carbonyl (C=O) groups is 1. The van der Waals surface area contributed by atoms with Gasteiger partial charge in [-0.2, -0.15) is 13.2 Å². The lowest BCUT2D eigenvalue weighted by molar-refractivity contribution is -0.137. The molecule has 1 amide bonds. The molecule has 0 heterocycles. The van der Waals surface area contributed by atoms with Crippen LogP contribution in [0.15, 0.2) is 18.2 Å². The summed E-state index contributed by atoms with van der Waals surface area (Å²) >= 11 is 0. The molecule has 0 unspecified atom stereocenters. The number of hydrogen-bond acceptors (Lipinski definition) is 3. The highest BCUT2D eigenvalue weighted by Crippen LogP contribution is 2.37. The number of alkyl halides is 3. The molecule has 1 aromatic rings. The number of nitrogens with one attached hydrogen (secondary N) is 1. The molecule has 1 aromatic carbocycles. The third-order valence-electron chi connectivity index (χ3n) is 2.81. The van der Waals surface area contributed by atoms with Gasteiger partial charge >= 0.3 is 6.18 Å². The Hall–Kier alpha value is -1.76. The van der Waals surface area contributed by atoms with Gasteiger partial charge in [-0.05, 0) is 24.1 Å². The van der Waals surface area contributed by atoms with E-state index in [1.54, 1.807) is 13.8 Å². The molecule has 0 fully saturated rings. The minimum Gasteiger partial charge on any atom is -0.497 e. The van der Waals surface area contributed by atoms with Gasteiger partial charge in [-0.1, -0.05) is 13.8 Å². The second kappa shape index (κ2) is 6.13. The third kappa shape index (κ3) is 3.86. The maximum atomic E-state index is 12.9. The molecule has 0 saturated carbocycles. The molecule has 0 aromatic heterocycles. The van der Waals surface area contributed by atoms with Crippen molar-refractivity contribution in [2.45, 2.75) is 26.1 Å². The lowest BCUT2D eigenvalue weighted by Crippen LogP contribution is -2.40. The Kier molecular flexibility index (Phi) is 4.99. The van der Waals surface area contributed by atoms with Crippen molar-refractivity contribution >= 4 is 11.6 Å². The number of benzene rings is 1. The second-order valence-electron chi connectivity index (χ2n) is 4.67. The van der Waals surface area contributed by atoms with E-state index < -0.39 is 23.7 Å². The topological polar surface area (TPSA) is 64.3 Å². The van der Waals surface area contributed by atoms with E-state index in [0.29, 0.717) is 0 Å². The predicted molar refractivity (Wildman–Crippen MR) is 69.4 cm³/mol. The summed E-state index contributed by atoms with van der Waals surface area (Å²) in [5.74, 6) is -0.776. The predicted octanol–water partition coefficient (Wildman–Crippen LogP) is 2.64. The van der Waals surface area contributed by atoms with E-state index in [9.17, 15) is 18.0 Å². The molecular weight excluding hydrogens is 273 g/mol. The number of methoxy groups -OCH3 is 1. The van der Waals surface area contributed by atoms with Crippen LogP contribution < -0.4 is 15.8 Å². The van der Waals surface area contributed by atoms with Crippen molar-refractivity contribution < 1.29 is 22.7 Å². The van der Waals surface area contributed by atoms with Crippen molar-refractivity contribution in [1.29, 1.82) is 0 Å². The molecule has 20 heavy (non-hydrogen) atoms. The monoisotopic (exact) mass is 290 g/mol. The number of carbonyl (C=O) groups excluding carboxylic acids is 1. The number of ether oxygens (including phenoxy) is 1.